The van der Waals surface area contributed by atoms with E-state index in [1.54, 1.807) is 127 Å². The molecule has 0 fully saturated rings. The van der Waals surface area contributed by atoms with Crippen molar-refractivity contribution in [1.29, 1.82) is 0 Å². The Morgan fingerprint density at radius 2 is 0.667 bits per heavy atom. The highest BCUT2D eigenvalue weighted by Crippen LogP contribution is 2.45. The van der Waals surface area contributed by atoms with E-state index in [1.807, 2.05) is 25.1 Å². The molecule has 0 bridgehead atoms. The molecule has 5 aromatic rings. The van der Waals surface area contributed by atoms with Crippen LogP contribution in [0.5, 0.6) is 28.7 Å². The zero-order chi connectivity index (χ0) is 30.3. The first-order valence-electron chi connectivity index (χ1n) is 12.5. The topological polar surface area (TPSA) is 132 Å². The maximum Gasteiger partial charge on any atom is 0.584 e. The first kappa shape index (κ1) is 32.0. The van der Waals surface area contributed by atoms with Gasteiger partial charge in [0, 0.05) is 0 Å². The standard InChI is InChI=1S/2C12H11O4P.C7H8O/c2*13-17(14,15-11-7-3-1-4-8-11)16-12-9-5-2-6-10-12;1-6-4-2-3-5-7(6)8/h2*1-10H,(H,13,14);2-5,8H,1H3. The molecular formula is C31H30O9P2. The first-order chi connectivity index (χ1) is 20.1. The maximum atomic E-state index is 11.7. The lowest BCUT2D eigenvalue weighted by molar-refractivity contribution is 0.289. The summed E-state index contributed by atoms with van der Waals surface area (Å²) in [4.78, 5) is 19.1. The number of aryl methyl sites for hydroxylation is 1. The molecule has 0 amide bonds. The van der Waals surface area contributed by atoms with Gasteiger partial charge in [0.15, 0.2) is 0 Å². The van der Waals surface area contributed by atoms with E-state index in [-0.39, 0.29) is 23.0 Å². The number of phenols is 1. The minimum absolute atomic E-state index is 0.286. The average molecular weight is 609 g/mol. The molecule has 11 heteroatoms. The van der Waals surface area contributed by atoms with Crippen LogP contribution in [0.1, 0.15) is 5.56 Å². The molecule has 218 valence electrons. The van der Waals surface area contributed by atoms with Crippen LogP contribution in [0.3, 0.4) is 0 Å². The van der Waals surface area contributed by atoms with Crippen LogP contribution in [0.25, 0.3) is 0 Å². The van der Waals surface area contributed by atoms with Gasteiger partial charge in [0.1, 0.15) is 28.7 Å². The lowest BCUT2D eigenvalue weighted by Crippen LogP contribution is -1.99. The second kappa shape index (κ2) is 16.1. The molecule has 3 N–H and O–H groups in total. The van der Waals surface area contributed by atoms with Gasteiger partial charge in [-0.2, -0.15) is 0 Å². The summed E-state index contributed by atoms with van der Waals surface area (Å²) in [5.74, 6) is 1.51. The summed E-state index contributed by atoms with van der Waals surface area (Å²) in [6.45, 7) is 1.87. The number of phosphoric acid groups is 2. The third-order valence-electron chi connectivity index (χ3n) is 4.97. The fourth-order valence-corrected chi connectivity index (χ4v) is 4.69. The van der Waals surface area contributed by atoms with Crippen LogP contribution in [0, 0.1) is 6.92 Å². The van der Waals surface area contributed by atoms with E-state index in [0.717, 1.165) is 5.56 Å². The van der Waals surface area contributed by atoms with Gasteiger partial charge in [-0.1, -0.05) is 91.0 Å². The van der Waals surface area contributed by atoms with Crippen molar-refractivity contribution < 1.29 is 42.1 Å². The number of aromatic hydroxyl groups is 1. The molecule has 5 aromatic carbocycles. The average Bonchev–Trinajstić information content (AvgIpc) is 2.96. The summed E-state index contributed by atoms with van der Waals surface area (Å²) in [6, 6.07) is 40.7. The van der Waals surface area contributed by atoms with Crippen LogP contribution in [0.15, 0.2) is 146 Å². The third kappa shape index (κ3) is 12.3. The zero-order valence-electron chi connectivity index (χ0n) is 22.5. The Morgan fingerprint density at radius 3 is 0.881 bits per heavy atom. The smallest absolute Gasteiger partial charge is 0.508 e. The Balaban J connectivity index is 0.000000184. The molecule has 0 aliphatic rings. The predicted octanol–water partition coefficient (Wildman–Crippen LogP) is 8.19. The molecule has 0 heterocycles. The molecule has 0 aliphatic heterocycles. The van der Waals surface area contributed by atoms with Crippen LogP contribution >= 0.6 is 15.6 Å². The summed E-state index contributed by atoms with van der Waals surface area (Å²) in [6.07, 6.45) is 0. The van der Waals surface area contributed by atoms with E-state index in [9.17, 15) is 18.9 Å². The fraction of sp³-hybridized carbons (Fsp3) is 0.0323. The minimum atomic E-state index is -4.14. The Bertz CT molecular complexity index is 1360. The summed E-state index contributed by atoms with van der Waals surface area (Å²) in [7, 11) is -8.27. The number of phosphoric ester groups is 2. The van der Waals surface area contributed by atoms with Gasteiger partial charge in [-0.05, 0) is 67.1 Å². The SMILES string of the molecule is Cc1ccccc1O.O=P(O)(Oc1ccccc1)Oc1ccccc1.O=P(O)(Oc1ccccc1)Oc1ccccc1. The molecule has 0 aliphatic carbocycles. The first-order valence-corrected chi connectivity index (χ1v) is 15.5. The third-order valence-corrected chi connectivity index (χ3v) is 6.74. The van der Waals surface area contributed by atoms with Crippen molar-refractivity contribution >= 4 is 15.6 Å². The molecule has 5 rings (SSSR count). The van der Waals surface area contributed by atoms with Gasteiger partial charge in [-0.15, -0.1) is 0 Å². The Hall–Kier alpha value is -4.52. The molecule has 42 heavy (non-hydrogen) atoms. The quantitative estimate of drug-likeness (QED) is 0.149. The van der Waals surface area contributed by atoms with Crippen LogP contribution in [0.4, 0.5) is 0 Å². The van der Waals surface area contributed by atoms with Crippen molar-refractivity contribution in [1.82, 2.24) is 0 Å². The van der Waals surface area contributed by atoms with Gasteiger partial charge in [0.05, 0.1) is 0 Å². The van der Waals surface area contributed by atoms with E-state index >= 15 is 0 Å². The highest BCUT2D eigenvalue weighted by Gasteiger charge is 2.25. The Morgan fingerprint density at radius 1 is 0.429 bits per heavy atom. The van der Waals surface area contributed by atoms with Crippen LogP contribution < -0.4 is 18.1 Å². The Kier molecular flexibility index (Phi) is 12.2. The van der Waals surface area contributed by atoms with Gasteiger partial charge in [0.25, 0.3) is 0 Å². The molecule has 0 unspecified atom stereocenters. The number of benzene rings is 5. The molecule has 0 radical (unpaired) electrons. The lowest BCUT2D eigenvalue weighted by atomic mass is 10.2. The van der Waals surface area contributed by atoms with Gasteiger partial charge >= 0.3 is 15.6 Å². The van der Waals surface area contributed by atoms with Gasteiger partial charge in [-0.3, -0.25) is 9.79 Å². The maximum absolute atomic E-state index is 11.7. The van der Waals surface area contributed by atoms with Crippen molar-refractivity contribution in [3.05, 3.63) is 151 Å². The number of phenolic OH excluding ortho intramolecular Hbond substituents is 1. The van der Waals surface area contributed by atoms with Crippen molar-refractivity contribution in [2.24, 2.45) is 0 Å². The van der Waals surface area contributed by atoms with Crippen LogP contribution in [-0.2, 0) is 9.13 Å². The highest BCUT2D eigenvalue weighted by molar-refractivity contribution is 7.48. The highest BCUT2D eigenvalue weighted by atomic mass is 31.2. The monoisotopic (exact) mass is 608 g/mol. The molecule has 9 nitrogen and oxygen atoms in total. The van der Waals surface area contributed by atoms with Crippen LogP contribution in [-0.4, -0.2) is 14.9 Å². The van der Waals surface area contributed by atoms with Crippen molar-refractivity contribution in [3.8, 4) is 28.7 Å². The second-order valence-corrected chi connectivity index (χ2v) is 10.9. The summed E-state index contributed by atoms with van der Waals surface area (Å²) < 4.78 is 42.9. The minimum Gasteiger partial charge on any atom is -0.508 e. The van der Waals surface area contributed by atoms with E-state index in [4.69, 9.17) is 23.2 Å². The number of para-hydroxylation sites is 5. The van der Waals surface area contributed by atoms with Gasteiger partial charge in [0.2, 0.25) is 0 Å². The van der Waals surface area contributed by atoms with Gasteiger partial charge < -0.3 is 23.2 Å². The van der Waals surface area contributed by atoms with E-state index in [0.29, 0.717) is 5.75 Å². The number of hydrogen-bond donors (Lipinski definition) is 3. The van der Waals surface area contributed by atoms with Gasteiger partial charge in [-0.25, -0.2) is 9.13 Å². The summed E-state index contributed by atoms with van der Waals surface area (Å²) in [5.41, 5.74) is 0.924. The molecule has 0 aromatic heterocycles. The lowest BCUT2D eigenvalue weighted by Gasteiger charge is -2.13. The number of rotatable bonds is 8. The molecule has 0 saturated carbocycles. The van der Waals surface area contributed by atoms with Crippen molar-refractivity contribution in [2.75, 3.05) is 0 Å². The van der Waals surface area contributed by atoms with E-state index in [2.05, 4.69) is 0 Å². The van der Waals surface area contributed by atoms with E-state index in [1.165, 1.54) is 0 Å². The fourth-order valence-electron chi connectivity index (χ4n) is 3.06. The number of hydrogen-bond acceptors (Lipinski definition) is 7. The largest absolute Gasteiger partial charge is 0.584 e. The summed E-state index contributed by atoms with van der Waals surface area (Å²) >= 11 is 0. The molecule has 0 spiro atoms. The van der Waals surface area contributed by atoms with Crippen LogP contribution in [0.2, 0.25) is 0 Å². The second-order valence-electron chi connectivity index (χ2n) is 8.34. The molecule has 0 atom stereocenters. The molecular weight excluding hydrogens is 578 g/mol. The van der Waals surface area contributed by atoms with Crippen molar-refractivity contribution in [3.63, 3.8) is 0 Å². The molecule has 0 saturated heterocycles. The summed E-state index contributed by atoms with van der Waals surface area (Å²) in [5, 5.41) is 8.92. The predicted molar refractivity (Wildman–Crippen MR) is 161 cm³/mol. The van der Waals surface area contributed by atoms with E-state index < -0.39 is 15.6 Å². The zero-order valence-corrected chi connectivity index (χ0v) is 24.3. The Labute approximate surface area is 244 Å². The van der Waals surface area contributed by atoms with Crippen molar-refractivity contribution in [2.45, 2.75) is 6.92 Å². The normalized spacial score (nSPS) is 10.5.